The number of hydrogen-bond acceptors (Lipinski definition) is 5. The molecule has 1 aromatic heterocycles. The second kappa shape index (κ2) is 6.65. The molecule has 1 aliphatic heterocycles. The minimum atomic E-state index is 0.0694. The van der Waals surface area contributed by atoms with Crippen LogP contribution in [0, 0.1) is 12.8 Å². The molecule has 6 nitrogen and oxygen atoms in total. The van der Waals surface area contributed by atoms with E-state index in [1.807, 2.05) is 32.0 Å². The van der Waals surface area contributed by atoms with Gasteiger partial charge in [0.15, 0.2) is 0 Å². The second-order valence-corrected chi connectivity index (χ2v) is 5.30. The molecule has 0 bridgehead atoms. The number of ether oxygens (including phenoxy) is 1. The molecule has 0 unspecified atom stereocenters. The van der Waals surface area contributed by atoms with Crippen molar-refractivity contribution in [1.82, 2.24) is 15.3 Å². The third kappa shape index (κ3) is 3.90. The van der Waals surface area contributed by atoms with Crippen LogP contribution in [-0.2, 0) is 16.1 Å². The lowest BCUT2D eigenvalue weighted by Crippen LogP contribution is -2.34. The third-order valence-corrected chi connectivity index (χ3v) is 3.33. The smallest absolute Gasteiger partial charge is 0.225 e. The van der Waals surface area contributed by atoms with E-state index in [-0.39, 0.29) is 11.8 Å². The topological polar surface area (TPSA) is 67.3 Å². The first-order valence-corrected chi connectivity index (χ1v) is 6.93. The zero-order chi connectivity index (χ0) is 14.5. The van der Waals surface area contributed by atoms with Crippen molar-refractivity contribution in [1.29, 1.82) is 0 Å². The Hall–Kier alpha value is -1.69. The number of aromatic nitrogens is 2. The molecule has 20 heavy (non-hydrogen) atoms. The Morgan fingerprint density at radius 3 is 2.75 bits per heavy atom. The lowest BCUT2D eigenvalue weighted by Gasteiger charge is -2.21. The van der Waals surface area contributed by atoms with Crippen LogP contribution >= 0.6 is 0 Å². The zero-order valence-corrected chi connectivity index (χ0v) is 12.3. The molecule has 6 heteroatoms. The Morgan fingerprint density at radius 2 is 2.10 bits per heavy atom. The van der Waals surface area contributed by atoms with Gasteiger partial charge in [0.1, 0.15) is 0 Å². The minimum Gasteiger partial charge on any atom is -0.381 e. The molecule has 110 valence electrons. The fourth-order valence-electron chi connectivity index (χ4n) is 2.19. The molecule has 2 heterocycles. The molecule has 2 rings (SSSR count). The summed E-state index contributed by atoms with van der Waals surface area (Å²) in [5, 5.41) is 2.96. The number of rotatable bonds is 4. The van der Waals surface area contributed by atoms with E-state index >= 15 is 0 Å². The van der Waals surface area contributed by atoms with Crippen molar-refractivity contribution < 1.29 is 9.53 Å². The van der Waals surface area contributed by atoms with Gasteiger partial charge in [-0.1, -0.05) is 0 Å². The van der Waals surface area contributed by atoms with Crippen molar-refractivity contribution in [3.8, 4) is 0 Å². The minimum absolute atomic E-state index is 0.0694. The highest BCUT2D eigenvalue weighted by Crippen LogP contribution is 2.15. The van der Waals surface area contributed by atoms with Crippen LogP contribution in [0.15, 0.2) is 6.07 Å². The van der Waals surface area contributed by atoms with E-state index in [1.165, 1.54) is 0 Å². The maximum Gasteiger partial charge on any atom is 0.225 e. The van der Waals surface area contributed by atoms with Gasteiger partial charge in [0.05, 0.1) is 12.2 Å². The fourth-order valence-corrected chi connectivity index (χ4v) is 2.19. The van der Waals surface area contributed by atoms with Gasteiger partial charge in [-0.05, 0) is 25.8 Å². The zero-order valence-electron chi connectivity index (χ0n) is 12.3. The van der Waals surface area contributed by atoms with Crippen LogP contribution < -0.4 is 10.2 Å². The molecule has 1 N–H and O–H groups in total. The molecular weight excluding hydrogens is 256 g/mol. The van der Waals surface area contributed by atoms with Gasteiger partial charge in [-0.3, -0.25) is 4.79 Å². The summed E-state index contributed by atoms with van der Waals surface area (Å²) in [4.78, 5) is 22.7. The standard InChI is InChI=1S/C14H22N4O2/c1-10-8-12(17-14(16-10)18(2)3)9-15-13(19)11-4-6-20-7-5-11/h8,11H,4-7,9H2,1-3H3,(H,15,19). The van der Waals surface area contributed by atoms with E-state index in [1.54, 1.807) is 0 Å². The lowest BCUT2D eigenvalue weighted by atomic mass is 9.99. The van der Waals surface area contributed by atoms with Gasteiger partial charge in [0.25, 0.3) is 0 Å². The summed E-state index contributed by atoms with van der Waals surface area (Å²) in [5.74, 6) is 0.830. The molecule has 1 amide bonds. The van der Waals surface area contributed by atoms with E-state index in [0.717, 1.165) is 24.2 Å². The molecule has 1 saturated heterocycles. The van der Waals surface area contributed by atoms with Crippen LogP contribution in [0.3, 0.4) is 0 Å². The highest BCUT2D eigenvalue weighted by Gasteiger charge is 2.21. The van der Waals surface area contributed by atoms with Gasteiger partial charge in [-0.2, -0.15) is 0 Å². The molecule has 0 saturated carbocycles. The summed E-state index contributed by atoms with van der Waals surface area (Å²) in [5.41, 5.74) is 1.74. The Kier molecular flexibility index (Phi) is 4.89. The van der Waals surface area contributed by atoms with Crippen LogP contribution in [-0.4, -0.2) is 43.2 Å². The summed E-state index contributed by atoms with van der Waals surface area (Å²) in [6.45, 7) is 3.73. The van der Waals surface area contributed by atoms with Crippen molar-refractivity contribution >= 4 is 11.9 Å². The van der Waals surface area contributed by atoms with Crippen LogP contribution in [0.5, 0.6) is 0 Å². The molecule has 0 aromatic carbocycles. The predicted octanol–water partition coefficient (Wildman–Crippen LogP) is 0.894. The van der Waals surface area contributed by atoms with Gasteiger partial charge >= 0.3 is 0 Å². The monoisotopic (exact) mass is 278 g/mol. The van der Waals surface area contributed by atoms with Crippen molar-refractivity contribution in [2.75, 3.05) is 32.2 Å². The van der Waals surface area contributed by atoms with Crippen molar-refractivity contribution in [2.24, 2.45) is 5.92 Å². The van der Waals surface area contributed by atoms with Gasteiger partial charge < -0.3 is 15.0 Å². The number of hydrogen-bond donors (Lipinski definition) is 1. The Morgan fingerprint density at radius 1 is 1.40 bits per heavy atom. The summed E-state index contributed by atoms with van der Waals surface area (Å²) in [6.07, 6.45) is 1.61. The Labute approximate surface area is 119 Å². The summed E-state index contributed by atoms with van der Waals surface area (Å²) < 4.78 is 5.26. The number of amides is 1. The second-order valence-electron chi connectivity index (χ2n) is 5.30. The van der Waals surface area contributed by atoms with Crippen molar-refractivity contribution in [2.45, 2.75) is 26.3 Å². The van der Waals surface area contributed by atoms with Crippen LogP contribution in [0.2, 0.25) is 0 Å². The van der Waals surface area contributed by atoms with E-state index in [4.69, 9.17) is 4.74 Å². The largest absolute Gasteiger partial charge is 0.381 e. The predicted molar refractivity (Wildman–Crippen MR) is 76.5 cm³/mol. The molecule has 0 radical (unpaired) electrons. The molecular formula is C14H22N4O2. The molecule has 0 atom stereocenters. The third-order valence-electron chi connectivity index (χ3n) is 3.33. The molecule has 1 fully saturated rings. The maximum atomic E-state index is 12.1. The van der Waals surface area contributed by atoms with Crippen molar-refractivity contribution in [3.05, 3.63) is 17.5 Å². The summed E-state index contributed by atoms with van der Waals surface area (Å²) in [7, 11) is 3.80. The number of carbonyl (C=O) groups excluding carboxylic acids is 1. The van der Waals surface area contributed by atoms with Crippen molar-refractivity contribution in [3.63, 3.8) is 0 Å². The average molecular weight is 278 g/mol. The highest BCUT2D eigenvalue weighted by molar-refractivity contribution is 5.78. The summed E-state index contributed by atoms with van der Waals surface area (Å²) >= 11 is 0. The first-order valence-electron chi connectivity index (χ1n) is 6.93. The van der Waals surface area contributed by atoms with Gasteiger partial charge in [-0.15, -0.1) is 0 Å². The average Bonchev–Trinajstić information content (AvgIpc) is 2.45. The number of carbonyl (C=O) groups is 1. The number of nitrogens with one attached hydrogen (secondary N) is 1. The van der Waals surface area contributed by atoms with E-state index in [0.29, 0.717) is 25.7 Å². The molecule has 0 aliphatic carbocycles. The van der Waals surface area contributed by atoms with Gasteiger partial charge in [0, 0.05) is 38.9 Å². The van der Waals surface area contributed by atoms with E-state index < -0.39 is 0 Å². The maximum absolute atomic E-state index is 12.1. The SMILES string of the molecule is Cc1cc(CNC(=O)C2CCOCC2)nc(N(C)C)n1. The summed E-state index contributed by atoms with van der Waals surface area (Å²) in [6, 6.07) is 1.90. The Bertz CT molecular complexity index is 470. The molecule has 1 aromatic rings. The van der Waals surface area contributed by atoms with Gasteiger partial charge in [0.2, 0.25) is 11.9 Å². The number of anilines is 1. The molecule has 0 spiro atoms. The van der Waals surface area contributed by atoms with Gasteiger partial charge in [-0.25, -0.2) is 9.97 Å². The first-order chi connectivity index (χ1) is 9.56. The number of nitrogens with zero attached hydrogens (tertiary/aromatic N) is 3. The van der Waals surface area contributed by atoms with E-state index in [9.17, 15) is 4.79 Å². The van der Waals surface area contributed by atoms with Crippen LogP contribution in [0.4, 0.5) is 5.95 Å². The van der Waals surface area contributed by atoms with E-state index in [2.05, 4.69) is 15.3 Å². The number of aryl methyl sites for hydroxylation is 1. The first kappa shape index (κ1) is 14.7. The molecule has 1 aliphatic rings. The highest BCUT2D eigenvalue weighted by atomic mass is 16.5. The quantitative estimate of drug-likeness (QED) is 0.886. The van der Waals surface area contributed by atoms with Crippen LogP contribution in [0.25, 0.3) is 0 Å². The Balaban J connectivity index is 1.94. The lowest BCUT2D eigenvalue weighted by molar-refractivity contribution is -0.128. The fraction of sp³-hybridized carbons (Fsp3) is 0.643. The van der Waals surface area contributed by atoms with Crippen LogP contribution in [0.1, 0.15) is 24.2 Å². The normalized spacial score (nSPS) is 15.9.